The zero-order valence-corrected chi connectivity index (χ0v) is 19.7. The zero-order chi connectivity index (χ0) is 23.3. The summed E-state index contributed by atoms with van der Waals surface area (Å²) in [6.07, 6.45) is 0. The van der Waals surface area contributed by atoms with Crippen LogP contribution in [0.3, 0.4) is 0 Å². The largest absolute Gasteiger partial charge is 0.494 e. The van der Waals surface area contributed by atoms with Gasteiger partial charge >= 0.3 is 0 Å². The van der Waals surface area contributed by atoms with Gasteiger partial charge in [0.1, 0.15) is 5.75 Å². The minimum atomic E-state index is -0.104. The van der Waals surface area contributed by atoms with E-state index < -0.39 is 0 Å². The third kappa shape index (κ3) is 4.59. The van der Waals surface area contributed by atoms with Gasteiger partial charge in [-0.1, -0.05) is 66.7 Å². The molecule has 2 saturated heterocycles. The summed E-state index contributed by atoms with van der Waals surface area (Å²) in [5.41, 5.74) is 4.68. The van der Waals surface area contributed by atoms with E-state index in [-0.39, 0.29) is 23.8 Å². The molecule has 34 heavy (non-hydrogen) atoms. The van der Waals surface area contributed by atoms with E-state index in [2.05, 4.69) is 53.8 Å². The standard InChI is InChI=1S/C29H32N2O3/c1-2-34-23-14-12-21(13-15-23)24-10-6-7-11-25(24)26-18-30-19-27(26)29(32)31-16-17-33-20-28(31)22-8-4-3-5-9-22/h3-15,26-28,30H,2,16-20H2,1H3/t26?,27-,28?/m1/s1. The van der Waals surface area contributed by atoms with Crippen LogP contribution in [0.15, 0.2) is 78.9 Å². The topological polar surface area (TPSA) is 50.8 Å². The lowest BCUT2D eigenvalue weighted by atomic mass is 9.83. The molecule has 2 unspecified atom stereocenters. The van der Waals surface area contributed by atoms with Crippen molar-refractivity contribution in [1.82, 2.24) is 10.2 Å². The molecule has 0 saturated carbocycles. The van der Waals surface area contributed by atoms with Crippen LogP contribution < -0.4 is 10.1 Å². The van der Waals surface area contributed by atoms with Crippen LogP contribution in [0, 0.1) is 5.92 Å². The van der Waals surface area contributed by atoms with E-state index in [9.17, 15) is 4.79 Å². The first-order valence-electron chi connectivity index (χ1n) is 12.2. The third-order valence-electron chi connectivity index (χ3n) is 6.96. The van der Waals surface area contributed by atoms with Crippen LogP contribution in [0.4, 0.5) is 0 Å². The molecule has 5 heteroatoms. The molecule has 1 N–H and O–H groups in total. The zero-order valence-electron chi connectivity index (χ0n) is 19.7. The molecule has 3 atom stereocenters. The molecule has 2 fully saturated rings. The van der Waals surface area contributed by atoms with Crippen molar-refractivity contribution < 1.29 is 14.3 Å². The van der Waals surface area contributed by atoms with Gasteiger partial charge < -0.3 is 19.7 Å². The number of hydrogen-bond donors (Lipinski definition) is 1. The van der Waals surface area contributed by atoms with Crippen molar-refractivity contribution in [2.45, 2.75) is 18.9 Å². The summed E-state index contributed by atoms with van der Waals surface area (Å²) in [5.74, 6) is 1.11. The Kier molecular flexibility index (Phi) is 6.93. The molecule has 2 aliphatic heterocycles. The Morgan fingerprint density at radius 3 is 2.56 bits per heavy atom. The molecule has 3 aromatic rings. The first-order chi connectivity index (χ1) is 16.8. The molecule has 2 heterocycles. The van der Waals surface area contributed by atoms with Crippen molar-refractivity contribution >= 4 is 5.91 Å². The highest BCUT2D eigenvalue weighted by Crippen LogP contribution is 2.38. The Labute approximate surface area is 201 Å². The van der Waals surface area contributed by atoms with E-state index in [0.717, 1.165) is 23.4 Å². The SMILES string of the molecule is CCOc1ccc(-c2ccccc2C2CNC[C@H]2C(=O)N2CCOCC2c2ccccc2)cc1. The van der Waals surface area contributed by atoms with E-state index in [1.807, 2.05) is 42.2 Å². The van der Waals surface area contributed by atoms with Crippen LogP contribution >= 0.6 is 0 Å². The van der Waals surface area contributed by atoms with Gasteiger partial charge in [-0.05, 0) is 41.3 Å². The number of nitrogens with zero attached hydrogens (tertiary/aromatic N) is 1. The number of amides is 1. The minimum absolute atomic E-state index is 0.0370. The molecule has 0 radical (unpaired) electrons. The van der Waals surface area contributed by atoms with E-state index in [1.165, 1.54) is 11.1 Å². The van der Waals surface area contributed by atoms with E-state index in [0.29, 0.717) is 32.9 Å². The summed E-state index contributed by atoms with van der Waals surface area (Å²) < 4.78 is 11.4. The molecule has 2 aliphatic rings. The summed E-state index contributed by atoms with van der Waals surface area (Å²) in [6, 6.07) is 26.9. The van der Waals surface area contributed by atoms with E-state index in [1.54, 1.807) is 0 Å². The van der Waals surface area contributed by atoms with Crippen molar-refractivity contribution in [3.63, 3.8) is 0 Å². The first kappa shape index (κ1) is 22.6. The molecule has 0 bridgehead atoms. The lowest BCUT2D eigenvalue weighted by Crippen LogP contribution is -2.47. The smallest absolute Gasteiger partial charge is 0.228 e. The number of carbonyl (C=O) groups is 1. The van der Waals surface area contributed by atoms with Crippen LogP contribution in [-0.2, 0) is 9.53 Å². The molecular weight excluding hydrogens is 424 g/mol. The van der Waals surface area contributed by atoms with Crippen molar-refractivity contribution in [3.05, 3.63) is 90.0 Å². The molecule has 176 valence electrons. The van der Waals surface area contributed by atoms with Crippen LogP contribution in [0.1, 0.15) is 30.0 Å². The molecule has 0 aromatic heterocycles. The molecule has 0 aliphatic carbocycles. The summed E-state index contributed by atoms with van der Waals surface area (Å²) >= 11 is 0. The second-order valence-electron chi connectivity index (χ2n) is 8.95. The summed E-state index contributed by atoms with van der Waals surface area (Å²) in [4.78, 5) is 16.0. The molecular formula is C29H32N2O3. The van der Waals surface area contributed by atoms with Crippen LogP contribution in [-0.4, -0.2) is 50.3 Å². The van der Waals surface area contributed by atoms with Crippen molar-refractivity contribution in [3.8, 4) is 16.9 Å². The van der Waals surface area contributed by atoms with E-state index >= 15 is 0 Å². The maximum Gasteiger partial charge on any atom is 0.228 e. The Morgan fingerprint density at radius 1 is 1.00 bits per heavy atom. The second-order valence-corrected chi connectivity index (χ2v) is 8.95. The summed E-state index contributed by atoms with van der Waals surface area (Å²) in [7, 11) is 0. The molecule has 1 amide bonds. The van der Waals surface area contributed by atoms with Gasteiger partial charge in [0.15, 0.2) is 0 Å². The molecule has 5 rings (SSSR count). The fourth-order valence-electron chi connectivity index (χ4n) is 5.28. The maximum atomic E-state index is 13.9. The minimum Gasteiger partial charge on any atom is -0.494 e. The Bertz CT molecular complexity index is 1100. The van der Waals surface area contributed by atoms with Gasteiger partial charge in [0.05, 0.1) is 31.8 Å². The quantitative estimate of drug-likeness (QED) is 0.586. The van der Waals surface area contributed by atoms with Gasteiger partial charge in [0, 0.05) is 25.6 Å². The highest BCUT2D eigenvalue weighted by Gasteiger charge is 2.40. The lowest BCUT2D eigenvalue weighted by molar-refractivity contribution is -0.144. The molecule has 0 spiro atoms. The number of morpholine rings is 1. The predicted octanol–water partition coefficient (Wildman–Crippen LogP) is 4.66. The van der Waals surface area contributed by atoms with Gasteiger partial charge in [-0.15, -0.1) is 0 Å². The van der Waals surface area contributed by atoms with Crippen molar-refractivity contribution in [1.29, 1.82) is 0 Å². The average molecular weight is 457 g/mol. The highest BCUT2D eigenvalue weighted by atomic mass is 16.5. The van der Waals surface area contributed by atoms with Gasteiger partial charge in [-0.25, -0.2) is 0 Å². The molecule has 5 nitrogen and oxygen atoms in total. The number of nitrogens with one attached hydrogen (secondary N) is 1. The number of hydrogen-bond acceptors (Lipinski definition) is 4. The van der Waals surface area contributed by atoms with Crippen molar-refractivity contribution in [2.24, 2.45) is 5.92 Å². The van der Waals surface area contributed by atoms with Gasteiger partial charge in [-0.3, -0.25) is 4.79 Å². The number of carbonyl (C=O) groups excluding carboxylic acids is 1. The predicted molar refractivity (Wildman–Crippen MR) is 134 cm³/mol. The van der Waals surface area contributed by atoms with Gasteiger partial charge in [0.2, 0.25) is 5.91 Å². The maximum absolute atomic E-state index is 13.9. The summed E-state index contributed by atoms with van der Waals surface area (Å²) in [6.45, 7) is 5.89. The lowest BCUT2D eigenvalue weighted by Gasteiger charge is -2.38. The Balaban J connectivity index is 1.43. The van der Waals surface area contributed by atoms with Crippen LogP contribution in [0.5, 0.6) is 5.75 Å². The fourth-order valence-corrected chi connectivity index (χ4v) is 5.28. The Hall–Kier alpha value is -3.15. The fraction of sp³-hybridized carbons (Fsp3) is 0.345. The molecule has 3 aromatic carbocycles. The number of rotatable bonds is 6. The summed E-state index contributed by atoms with van der Waals surface area (Å²) in [5, 5.41) is 3.50. The monoisotopic (exact) mass is 456 g/mol. The van der Waals surface area contributed by atoms with Gasteiger partial charge in [0.25, 0.3) is 0 Å². The van der Waals surface area contributed by atoms with Crippen LogP contribution in [0.2, 0.25) is 0 Å². The number of benzene rings is 3. The van der Waals surface area contributed by atoms with Gasteiger partial charge in [-0.2, -0.15) is 0 Å². The highest BCUT2D eigenvalue weighted by molar-refractivity contribution is 5.82. The van der Waals surface area contributed by atoms with Crippen molar-refractivity contribution in [2.75, 3.05) is 39.5 Å². The third-order valence-corrected chi connectivity index (χ3v) is 6.96. The van der Waals surface area contributed by atoms with E-state index in [4.69, 9.17) is 9.47 Å². The first-order valence-corrected chi connectivity index (χ1v) is 12.2. The average Bonchev–Trinajstić information content (AvgIpc) is 3.39. The van der Waals surface area contributed by atoms with Crippen LogP contribution in [0.25, 0.3) is 11.1 Å². The normalized spacial score (nSPS) is 22.5. The number of ether oxygens (including phenoxy) is 2. The second kappa shape index (κ2) is 10.4. The Morgan fingerprint density at radius 2 is 1.76 bits per heavy atom.